The molecule has 0 fully saturated rings. The van der Waals surface area contributed by atoms with Crippen LogP contribution in [0.1, 0.15) is 17.3 Å². The van der Waals surface area contributed by atoms with Crippen molar-refractivity contribution < 1.29 is 14.6 Å². The first kappa shape index (κ1) is 8.59. The highest BCUT2D eigenvalue weighted by Gasteiger charge is 2.03. The van der Waals surface area contributed by atoms with Crippen LogP contribution >= 0.6 is 0 Å². The van der Waals surface area contributed by atoms with Crippen LogP contribution in [0.5, 0.6) is 5.75 Å². The van der Waals surface area contributed by atoms with E-state index in [-0.39, 0.29) is 5.75 Å². The van der Waals surface area contributed by atoms with Crippen LogP contribution < -0.4 is 5.11 Å². The molecule has 64 valence electrons. The third kappa shape index (κ3) is 1.99. The van der Waals surface area contributed by atoms with E-state index in [1.54, 1.807) is 13.0 Å². The Labute approximate surface area is 70.6 Å². The van der Waals surface area contributed by atoms with Crippen molar-refractivity contribution in [3.8, 4) is 5.75 Å². The Morgan fingerprint density at radius 1 is 1.58 bits per heavy atom. The van der Waals surface area contributed by atoms with Crippen molar-refractivity contribution in [1.29, 1.82) is 0 Å². The zero-order valence-corrected chi connectivity index (χ0v) is 6.74. The van der Waals surface area contributed by atoms with E-state index < -0.39 is 5.97 Å². The summed E-state index contributed by atoms with van der Waals surface area (Å²) in [4.78, 5) is 11.0. The predicted molar refractivity (Wildman–Crippen MR) is 41.8 cm³/mol. The standard InChI is InChI=1S/C9H10O3/c1-2-12-9(11)7-4-3-5-8(10)6-7/h3-6,10H,2H2,1H3/p-1. The van der Waals surface area contributed by atoms with Gasteiger partial charge in [-0.3, -0.25) is 0 Å². The first-order chi connectivity index (χ1) is 5.74. The summed E-state index contributed by atoms with van der Waals surface area (Å²) in [5, 5.41) is 10.8. The summed E-state index contributed by atoms with van der Waals surface area (Å²) in [6.07, 6.45) is 0. The van der Waals surface area contributed by atoms with E-state index >= 15 is 0 Å². The molecule has 0 N–H and O–H groups in total. The molecule has 0 spiro atoms. The van der Waals surface area contributed by atoms with Crippen molar-refractivity contribution in [3.05, 3.63) is 29.8 Å². The molecule has 3 heteroatoms. The second-order valence-electron chi connectivity index (χ2n) is 2.25. The molecule has 0 unspecified atom stereocenters. The highest BCUT2D eigenvalue weighted by Crippen LogP contribution is 2.08. The first-order valence-electron chi connectivity index (χ1n) is 3.68. The number of carbonyl (C=O) groups excluding carboxylic acids is 1. The predicted octanol–water partition coefficient (Wildman–Crippen LogP) is 0.937. The summed E-state index contributed by atoms with van der Waals surface area (Å²) in [6.45, 7) is 2.04. The lowest BCUT2D eigenvalue weighted by molar-refractivity contribution is -0.268. The van der Waals surface area contributed by atoms with Crippen LogP contribution in [0.15, 0.2) is 24.3 Å². The number of rotatable bonds is 2. The monoisotopic (exact) mass is 165 g/mol. The van der Waals surface area contributed by atoms with E-state index in [1.807, 2.05) is 0 Å². The quantitative estimate of drug-likeness (QED) is 0.612. The molecule has 0 heterocycles. The second-order valence-corrected chi connectivity index (χ2v) is 2.25. The Morgan fingerprint density at radius 2 is 2.33 bits per heavy atom. The zero-order valence-electron chi connectivity index (χ0n) is 6.74. The van der Waals surface area contributed by atoms with Gasteiger partial charge in [-0.1, -0.05) is 18.2 Å². The molecule has 1 aromatic rings. The van der Waals surface area contributed by atoms with E-state index in [4.69, 9.17) is 4.74 Å². The van der Waals surface area contributed by atoms with Crippen LogP contribution in [0, 0.1) is 0 Å². The van der Waals surface area contributed by atoms with Crippen LogP contribution in [0.25, 0.3) is 0 Å². The third-order valence-electron chi connectivity index (χ3n) is 1.35. The van der Waals surface area contributed by atoms with Crippen LogP contribution in [-0.2, 0) is 4.74 Å². The van der Waals surface area contributed by atoms with Gasteiger partial charge in [0.25, 0.3) is 0 Å². The maximum atomic E-state index is 11.0. The second kappa shape index (κ2) is 3.76. The lowest BCUT2D eigenvalue weighted by Gasteiger charge is -2.06. The van der Waals surface area contributed by atoms with Gasteiger partial charge in [0.15, 0.2) is 0 Å². The Balaban J connectivity index is 2.81. The number of hydrogen-bond acceptors (Lipinski definition) is 3. The summed E-state index contributed by atoms with van der Waals surface area (Å²) in [7, 11) is 0. The minimum atomic E-state index is -0.449. The molecule has 0 radical (unpaired) electrons. The van der Waals surface area contributed by atoms with E-state index in [9.17, 15) is 9.90 Å². The fraction of sp³-hybridized carbons (Fsp3) is 0.222. The van der Waals surface area contributed by atoms with Crippen LogP contribution in [-0.4, -0.2) is 12.6 Å². The maximum Gasteiger partial charge on any atom is 0.338 e. The zero-order chi connectivity index (χ0) is 8.97. The SMILES string of the molecule is CCOC(=O)c1cccc([O-])c1. The minimum absolute atomic E-state index is 0.180. The average Bonchev–Trinajstić information content (AvgIpc) is 2.05. The van der Waals surface area contributed by atoms with Crippen LogP contribution in [0.3, 0.4) is 0 Å². The number of esters is 1. The van der Waals surface area contributed by atoms with Crippen LogP contribution in [0.2, 0.25) is 0 Å². The molecule has 0 aromatic heterocycles. The van der Waals surface area contributed by atoms with Gasteiger partial charge in [0.1, 0.15) is 0 Å². The maximum absolute atomic E-state index is 11.0. The van der Waals surface area contributed by atoms with Gasteiger partial charge >= 0.3 is 5.97 Å². The molecular weight excluding hydrogens is 156 g/mol. The first-order valence-corrected chi connectivity index (χ1v) is 3.68. The Kier molecular flexibility index (Phi) is 2.69. The highest BCUT2D eigenvalue weighted by atomic mass is 16.5. The smallest absolute Gasteiger partial charge is 0.338 e. The molecule has 1 aromatic carbocycles. The number of benzene rings is 1. The molecule has 0 atom stereocenters. The van der Waals surface area contributed by atoms with E-state index in [0.29, 0.717) is 12.2 Å². The Hall–Kier alpha value is -1.51. The molecule has 12 heavy (non-hydrogen) atoms. The van der Waals surface area contributed by atoms with Gasteiger partial charge in [0, 0.05) is 0 Å². The van der Waals surface area contributed by atoms with Gasteiger partial charge in [-0.05, 0) is 13.0 Å². The average molecular weight is 165 g/mol. The molecular formula is C9H9O3-. The lowest BCUT2D eigenvalue weighted by Crippen LogP contribution is -2.05. The van der Waals surface area contributed by atoms with Crippen molar-refractivity contribution in [1.82, 2.24) is 0 Å². The summed E-state index contributed by atoms with van der Waals surface area (Å²) in [5.74, 6) is -0.629. The number of hydrogen-bond donors (Lipinski definition) is 0. The molecule has 0 aliphatic rings. The minimum Gasteiger partial charge on any atom is -0.872 e. The van der Waals surface area contributed by atoms with Crippen LogP contribution in [0.4, 0.5) is 0 Å². The van der Waals surface area contributed by atoms with E-state index in [2.05, 4.69) is 0 Å². The molecule has 3 nitrogen and oxygen atoms in total. The fourth-order valence-corrected chi connectivity index (χ4v) is 0.838. The fourth-order valence-electron chi connectivity index (χ4n) is 0.838. The van der Waals surface area contributed by atoms with Crippen molar-refractivity contribution in [2.24, 2.45) is 0 Å². The molecule has 0 saturated carbocycles. The van der Waals surface area contributed by atoms with Crippen molar-refractivity contribution in [2.75, 3.05) is 6.61 Å². The molecule has 0 amide bonds. The van der Waals surface area contributed by atoms with E-state index in [1.165, 1.54) is 18.2 Å². The van der Waals surface area contributed by atoms with Crippen molar-refractivity contribution >= 4 is 5.97 Å². The van der Waals surface area contributed by atoms with Crippen molar-refractivity contribution in [3.63, 3.8) is 0 Å². The largest absolute Gasteiger partial charge is 0.872 e. The summed E-state index contributed by atoms with van der Waals surface area (Å²) in [5.41, 5.74) is 0.310. The summed E-state index contributed by atoms with van der Waals surface area (Å²) < 4.78 is 4.71. The number of ether oxygens (including phenoxy) is 1. The summed E-state index contributed by atoms with van der Waals surface area (Å²) >= 11 is 0. The highest BCUT2D eigenvalue weighted by molar-refractivity contribution is 5.89. The van der Waals surface area contributed by atoms with Gasteiger partial charge in [-0.2, -0.15) is 0 Å². The summed E-state index contributed by atoms with van der Waals surface area (Å²) in [6, 6.07) is 5.74. The number of carbonyl (C=O) groups is 1. The normalized spacial score (nSPS) is 9.42. The van der Waals surface area contributed by atoms with Gasteiger partial charge < -0.3 is 9.84 Å². The Bertz CT molecular complexity index is 281. The molecule has 1 rings (SSSR count). The Morgan fingerprint density at radius 3 is 2.92 bits per heavy atom. The topological polar surface area (TPSA) is 49.4 Å². The molecule has 0 saturated heterocycles. The molecule has 0 aliphatic heterocycles. The lowest BCUT2D eigenvalue weighted by atomic mass is 10.2. The van der Waals surface area contributed by atoms with Crippen molar-refractivity contribution in [2.45, 2.75) is 6.92 Å². The van der Waals surface area contributed by atoms with Gasteiger partial charge in [0.2, 0.25) is 0 Å². The third-order valence-corrected chi connectivity index (χ3v) is 1.35. The van der Waals surface area contributed by atoms with Gasteiger partial charge in [0.05, 0.1) is 12.2 Å². The van der Waals surface area contributed by atoms with Gasteiger partial charge in [-0.25, -0.2) is 4.79 Å². The molecule has 0 bridgehead atoms. The van der Waals surface area contributed by atoms with E-state index in [0.717, 1.165) is 0 Å². The molecule has 0 aliphatic carbocycles. The van der Waals surface area contributed by atoms with Gasteiger partial charge in [-0.15, -0.1) is 5.75 Å².